The molecule has 2 rings (SSSR count). The van der Waals surface area contributed by atoms with Crippen LogP contribution in [0.1, 0.15) is 5.69 Å². The standard InChI is InChI=1S/C8H7BrN2O/c1-6-4-10-5-11(6)8-3-2-7(9)12-8/h2-5H,1H3. The first-order chi connectivity index (χ1) is 5.77. The fraction of sp³-hybridized carbons (Fsp3) is 0.125. The number of halogens is 1. The van der Waals surface area contributed by atoms with E-state index in [4.69, 9.17) is 4.42 Å². The quantitative estimate of drug-likeness (QED) is 0.749. The van der Waals surface area contributed by atoms with Gasteiger partial charge in [-0.1, -0.05) is 0 Å². The maximum absolute atomic E-state index is 5.35. The van der Waals surface area contributed by atoms with Gasteiger partial charge in [-0.2, -0.15) is 0 Å². The molecule has 0 aliphatic heterocycles. The normalized spacial score (nSPS) is 10.5. The zero-order valence-corrected chi connectivity index (χ0v) is 8.08. The van der Waals surface area contributed by atoms with Crippen molar-refractivity contribution in [3.63, 3.8) is 0 Å². The van der Waals surface area contributed by atoms with E-state index in [0.717, 1.165) is 16.2 Å². The lowest BCUT2D eigenvalue weighted by molar-refractivity contribution is 0.513. The molecule has 2 aromatic heterocycles. The molecule has 0 N–H and O–H groups in total. The maximum atomic E-state index is 5.35. The number of aromatic nitrogens is 2. The lowest BCUT2D eigenvalue weighted by Crippen LogP contribution is -1.90. The summed E-state index contributed by atoms with van der Waals surface area (Å²) in [6, 6.07) is 3.74. The number of aryl methyl sites for hydroxylation is 1. The van der Waals surface area contributed by atoms with Gasteiger partial charge in [-0.05, 0) is 28.9 Å². The molecule has 12 heavy (non-hydrogen) atoms. The van der Waals surface area contributed by atoms with Crippen molar-refractivity contribution >= 4 is 15.9 Å². The molecule has 0 radical (unpaired) electrons. The van der Waals surface area contributed by atoms with Crippen LogP contribution in [0, 0.1) is 6.92 Å². The summed E-state index contributed by atoms with van der Waals surface area (Å²) in [4.78, 5) is 4.00. The average molecular weight is 227 g/mol. The number of hydrogen-bond acceptors (Lipinski definition) is 2. The molecule has 0 spiro atoms. The first kappa shape index (κ1) is 7.61. The minimum Gasteiger partial charge on any atom is -0.433 e. The highest BCUT2D eigenvalue weighted by atomic mass is 79.9. The summed E-state index contributed by atoms with van der Waals surface area (Å²) in [6.07, 6.45) is 3.51. The summed E-state index contributed by atoms with van der Waals surface area (Å²) >= 11 is 3.24. The van der Waals surface area contributed by atoms with Gasteiger partial charge in [0.25, 0.3) is 0 Å². The third kappa shape index (κ3) is 1.18. The number of rotatable bonds is 1. The second-order valence-corrected chi connectivity index (χ2v) is 3.26. The van der Waals surface area contributed by atoms with Gasteiger partial charge >= 0.3 is 0 Å². The molecule has 2 heterocycles. The van der Waals surface area contributed by atoms with E-state index >= 15 is 0 Å². The predicted molar refractivity (Wildman–Crippen MR) is 48.3 cm³/mol. The fourth-order valence-corrected chi connectivity index (χ4v) is 1.32. The van der Waals surface area contributed by atoms with Crippen molar-refractivity contribution in [3.05, 3.63) is 35.0 Å². The van der Waals surface area contributed by atoms with E-state index in [9.17, 15) is 0 Å². The van der Waals surface area contributed by atoms with Crippen LogP contribution in [0.15, 0.2) is 33.7 Å². The first-order valence-corrected chi connectivity index (χ1v) is 4.31. The smallest absolute Gasteiger partial charge is 0.206 e. The third-order valence-electron chi connectivity index (χ3n) is 1.62. The molecule has 0 aromatic carbocycles. The number of nitrogens with zero attached hydrogens (tertiary/aromatic N) is 2. The molecule has 0 bridgehead atoms. The molecule has 0 fully saturated rings. The number of hydrogen-bond donors (Lipinski definition) is 0. The van der Waals surface area contributed by atoms with Crippen LogP contribution in [0.5, 0.6) is 0 Å². The first-order valence-electron chi connectivity index (χ1n) is 3.52. The molecular weight excluding hydrogens is 220 g/mol. The molecule has 4 heteroatoms. The molecule has 3 nitrogen and oxygen atoms in total. The van der Waals surface area contributed by atoms with Crippen LogP contribution in [0.25, 0.3) is 5.88 Å². The number of imidazole rings is 1. The minimum atomic E-state index is 0.727. The van der Waals surface area contributed by atoms with Gasteiger partial charge in [-0.25, -0.2) is 4.98 Å². The number of furan rings is 1. The third-order valence-corrected chi connectivity index (χ3v) is 2.05. The zero-order valence-electron chi connectivity index (χ0n) is 6.49. The maximum Gasteiger partial charge on any atom is 0.206 e. The van der Waals surface area contributed by atoms with Crippen LogP contribution in [0.3, 0.4) is 0 Å². The molecule has 0 aliphatic carbocycles. The second-order valence-electron chi connectivity index (χ2n) is 2.48. The fourth-order valence-electron chi connectivity index (χ4n) is 1.03. The van der Waals surface area contributed by atoms with E-state index in [1.165, 1.54) is 0 Å². The SMILES string of the molecule is Cc1cncn1-c1ccc(Br)o1. The van der Waals surface area contributed by atoms with Crippen molar-refractivity contribution in [2.75, 3.05) is 0 Å². The minimum absolute atomic E-state index is 0.727. The van der Waals surface area contributed by atoms with Crippen LogP contribution < -0.4 is 0 Å². The van der Waals surface area contributed by atoms with Crippen molar-refractivity contribution in [2.24, 2.45) is 0 Å². The molecule has 2 aromatic rings. The zero-order chi connectivity index (χ0) is 8.55. The Morgan fingerprint density at radius 2 is 2.33 bits per heavy atom. The van der Waals surface area contributed by atoms with Gasteiger partial charge < -0.3 is 4.42 Å². The molecular formula is C8H7BrN2O. The lowest BCUT2D eigenvalue weighted by atomic mass is 10.5. The van der Waals surface area contributed by atoms with E-state index in [0.29, 0.717) is 0 Å². The summed E-state index contributed by atoms with van der Waals surface area (Å²) in [7, 11) is 0. The summed E-state index contributed by atoms with van der Waals surface area (Å²) in [5, 5.41) is 0. The van der Waals surface area contributed by atoms with E-state index in [1.54, 1.807) is 12.5 Å². The molecule has 0 amide bonds. The van der Waals surface area contributed by atoms with Crippen LogP contribution in [-0.2, 0) is 0 Å². The Balaban J connectivity index is 2.50. The van der Waals surface area contributed by atoms with Gasteiger partial charge in [0.05, 0.1) is 0 Å². The van der Waals surface area contributed by atoms with Gasteiger partial charge in [0, 0.05) is 18.0 Å². The Morgan fingerprint density at radius 3 is 2.83 bits per heavy atom. The van der Waals surface area contributed by atoms with E-state index in [-0.39, 0.29) is 0 Å². The highest BCUT2D eigenvalue weighted by Gasteiger charge is 2.03. The highest BCUT2D eigenvalue weighted by molar-refractivity contribution is 9.10. The largest absolute Gasteiger partial charge is 0.433 e. The molecule has 0 aliphatic rings. The van der Waals surface area contributed by atoms with Gasteiger partial charge in [-0.3, -0.25) is 4.57 Å². The van der Waals surface area contributed by atoms with Crippen molar-refractivity contribution < 1.29 is 4.42 Å². The van der Waals surface area contributed by atoms with Gasteiger partial charge in [0.1, 0.15) is 6.33 Å². The monoisotopic (exact) mass is 226 g/mol. The van der Waals surface area contributed by atoms with Crippen LogP contribution >= 0.6 is 15.9 Å². The molecule has 0 atom stereocenters. The summed E-state index contributed by atoms with van der Waals surface area (Å²) in [5.41, 5.74) is 1.05. The van der Waals surface area contributed by atoms with Gasteiger partial charge in [0.15, 0.2) is 4.67 Å². The van der Waals surface area contributed by atoms with Crippen molar-refractivity contribution in [3.8, 4) is 5.88 Å². The average Bonchev–Trinajstić information content (AvgIpc) is 2.58. The lowest BCUT2D eigenvalue weighted by Gasteiger charge is -1.97. The van der Waals surface area contributed by atoms with Gasteiger partial charge in [0.2, 0.25) is 5.88 Å². The highest BCUT2D eigenvalue weighted by Crippen LogP contribution is 2.18. The Kier molecular flexibility index (Phi) is 1.77. The van der Waals surface area contributed by atoms with Crippen molar-refractivity contribution in [1.82, 2.24) is 9.55 Å². The summed E-state index contributed by atoms with van der Waals surface area (Å²) in [5.74, 6) is 0.775. The van der Waals surface area contributed by atoms with Gasteiger partial charge in [-0.15, -0.1) is 0 Å². The van der Waals surface area contributed by atoms with Crippen molar-refractivity contribution in [2.45, 2.75) is 6.92 Å². The van der Waals surface area contributed by atoms with E-state index in [2.05, 4.69) is 20.9 Å². The van der Waals surface area contributed by atoms with Crippen molar-refractivity contribution in [1.29, 1.82) is 0 Å². The van der Waals surface area contributed by atoms with E-state index < -0.39 is 0 Å². The molecule has 0 saturated carbocycles. The topological polar surface area (TPSA) is 31.0 Å². The molecule has 0 unspecified atom stereocenters. The van der Waals surface area contributed by atoms with E-state index in [1.807, 2.05) is 23.6 Å². The summed E-state index contributed by atoms with van der Waals surface area (Å²) in [6.45, 7) is 1.98. The Hall–Kier alpha value is -1.03. The predicted octanol–water partition coefficient (Wildman–Crippen LogP) is 2.54. The summed E-state index contributed by atoms with van der Waals surface area (Å²) < 4.78 is 7.96. The van der Waals surface area contributed by atoms with Crippen LogP contribution in [-0.4, -0.2) is 9.55 Å². The molecule has 0 saturated heterocycles. The Morgan fingerprint density at radius 1 is 1.50 bits per heavy atom. The Labute approximate surface area is 78.2 Å². The van der Waals surface area contributed by atoms with Crippen LogP contribution in [0.2, 0.25) is 0 Å². The molecule has 62 valence electrons. The van der Waals surface area contributed by atoms with Crippen LogP contribution in [0.4, 0.5) is 0 Å². The second kappa shape index (κ2) is 2.79. The Bertz CT molecular complexity index is 391.